The van der Waals surface area contributed by atoms with E-state index in [1.807, 2.05) is 0 Å². The Morgan fingerprint density at radius 2 is 1.95 bits per heavy atom. The zero-order valence-corrected chi connectivity index (χ0v) is 11.0. The van der Waals surface area contributed by atoms with Gasteiger partial charge in [0, 0.05) is 19.5 Å². The summed E-state index contributed by atoms with van der Waals surface area (Å²) in [5.41, 5.74) is -1.37. The van der Waals surface area contributed by atoms with Crippen LogP contribution in [0.4, 0.5) is 13.2 Å². The van der Waals surface area contributed by atoms with Gasteiger partial charge >= 0.3 is 6.18 Å². The second-order valence-electron chi connectivity index (χ2n) is 6.67. The van der Waals surface area contributed by atoms with Gasteiger partial charge in [0.05, 0.1) is 0 Å². The molecule has 0 bridgehead atoms. The lowest BCUT2D eigenvalue weighted by Crippen LogP contribution is -2.60. The Bertz CT molecular complexity index is 523. The van der Waals surface area contributed by atoms with Crippen LogP contribution in [0.1, 0.15) is 37.4 Å². The van der Waals surface area contributed by atoms with Gasteiger partial charge in [-0.25, -0.2) is 0 Å². The molecular formula is C13H16F3N3O. The van der Waals surface area contributed by atoms with E-state index in [1.54, 1.807) is 0 Å². The first-order valence-electron chi connectivity index (χ1n) is 7.03. The first kappa shape index (κ1) is 12.6. The van der Waals surface area contributed by atoms with E-state index >= 15 is 0 Å². The quantitative estimate of drug-likeness (QED) is 0.926. The van der Waals surface area contributed by atoms with E-state index in [0.29, 0.717) is 23.6 Å². The molecule has 1 aromatic heterocycles. The molecule has 2 saturated carbocycles. The lowest BCUT2D eigenvalue weighted by Gasteiger charge is -2.54. The topological polar surface area (TPSA) is 51.0 Å². The molecule has 3 fully saturated rings. The zero-order valence-electron chi connectivity index (χ0n) is 11.0. The second-order valence-corrected chi connectivity index (χ2v) is 6.67. The highest BCUT2D eigenvalue weighted by Gasteiger charge is 2.67. The van der Waals surface area contributed by atoms with E-state index in [1.165, 1.54) is 0 Å². The van der Waals surface area contributed by atoms with E-state index in [2.05, 4.69) is 15.5 Å². The van der Waals surface area contributed by atoms with Crippen molar-refractivity contribution in [2.45, 2.75) is 43.7 Å². The fourth-order valence-corrected chi connectivity index (χ4v) is 3.61. The van der Waals surface area contributed by atoms with Crippen molar-refractivity contribution >= 4 is 0 Å². The SMILES string of the molecule is FC(F)(F)C1(c2noc(CC3CC4(CNC4)C3)n2)CC1. The molecule has 0 amide bonds. The van der Waals surface area contributed by atoms with Crippen molar-refractivity contribution in [3.63, 3.8) is 0 Å². The molecule has 1 saturated heterocycles. The van der Waals surface area contributed by atoms with Crippen molar-refractivity contribution < 1.29 is 17.7 Å². The zero-order chi connectivity index (χ0) is 14.0. The molecule has 2 aliphatic carbocycles. The first-order valence-corrected chi connectivity index (χ1v) is 7.03. The smallest absolute Gasteiger partial charge is 0.339 e. The van der Waals surface area contributed by atoms with Crippen molar-refractivity contribution in [3.8, 4) is 0 Å². The van der Waals surface area contributed by atoms with Crippen molar-refractivity contribution in [1.82, 2.24) is 15.5 Å². The molecule has 110 valence electrons. The number of aromatic nitrogens is 2. The number of nitrogens with one attached hydrogen (secondary N) is 1. The molecule has 1 N–H and O–H groups in total. The van der Waals surface area contributed by atoms with E-state index in [-0.39, 0.29) is 18.7 Å². The summed E-state index contributed by atoms with van der Waals surface area (Å²) in [4.78, 5) is 4.01. The Labute approximate surface area is 114 Å². The Morgan fingerprint density at radius 1 is 1.25 bits per heavy atom. The fourth-order valence-electron chi connectivity index (χ4n) is 3.61. The van der Waals surface area contributed by atoms with Crippen molar-refractivity contribution in [3.05, 3.63) is 11.7 Å². The maximum absolute atomic E-state index is 13.0. The number of alkyl halides is 3. The molecular weight excluding hydrogens is 271 g/mol. The van der Waals surface area contributed by atoms with Crippen LogP contribution in [0.5, 0.6) is 0 Å². The molecule has 0 unspecified atom stereocenters. The number of halogens is 3. The van der Waals surface area contributed by atoms with Crippen LogP contribution in [0.25, 0.3) is 0 Å². The van der Waals surface area contributed by atoms with Gasteiger partial charge < -0.3 is 9.84 Å². The number of hydrogen-bond donors (Lipinski definition) is 1. The number of nitrogens with zero attached hydrogens (tertiary/aromatic N) is 2. The van der Waals surface area contributed by atoms with Gasteiger partial charge in [0.15, 0.2) is 5.82 Å². The normalized spacial score (nSPS) is 27.1. The minimum absolute atomic E-state index is 0.0771. The average Bonchev–Trinajstić information content (AvgIpc) is 2.96. The van der Waals surface area contributed by atoms with Gasteiger partial charge in [0.2, 0.25) is 5.89 Å². The summed E-state index contributed by atoms with van der Waals surface area (Å²) in [7, 11) is 0. The highest BCUT2D eigenvalue weighted by Crippen LogP contribution is 2.58. The number of rotatable bonds is 3. The molecule has 2 heterocycles. The Kier molecular flexibility index (Phi) is 2.37. The summed E-state index contributed by atoms with van der Waals surface area (Å²) in [5.74, 6) is 0.674. The molecule has 1 aliphatic heterocycles. The maximum atomic E-state index is 13.0. The summed E-state index contributed by atoms with van der Waals surface area (Å²) in [6, 6.07) is 0. The van der Waals surface area contributed by atoms with E-state index in [9.17, 15) is 13.2 Å². The van der Waals surface area contributed by atoms with Gasteiger partial charge in [-0.15, -0.1) is 0 Å². The lowest BCUT2D eigenvalue weighted by atomic mass is 9.58. The van der Waals surface area contributed by atoms with Gasteiger partial charge in [0.25, 0.3) is 0 Å². The minimum atomic E-state index is -4.27. The Morgan fingerprint density at radius 3 is 2.45 bits per heavy atom. The summed E-state index contributed by atoms with van der Waals surface area (Å²) in [6.07, 6.45) is -1.28. The third kappa shape index (κ3) is 1.71. The van der Waals surface area contributed by atoms with Gasteiger partial charge in [0.1, 0.15) is 5.41 Å². The van der Waals surface area contributed by atoms with Crippen LogP contribution in [0.15, 0.2) is 4.52 Å². The van der Waals surface area contributed by atoms with Crippen LogP contribution >= 0.6 is 0 Å². The van der Waals surface area contributed by atoms with Gasteiger partial charge in [-0.05, 0) is 37.0 Å². The molecule has 7 heteroatoms. The second kappa shape index (κ2) is 3.75. The van der Waals surface area contributed by atoms with Crippen molar-refractivity contribution in [2.75, 3.05) is 13.1 Å². The highest BCUT2D eigenvalue weighted by molar-refractivity contribution is 5.21. The van der Waals surface area contributed by atoms with Crippen LogP contribution in [-0.2, 0) is 11.8 Å². The molecule has 4 nitrogen and oxygen atoms in total. The summed E-state index contributed by atoms with van der Waals surface area (Å²) in [6.45, 7) is 2.13. The Balaban J connectivity index is 1.42. The summed E-state index contributed by atoms with van der Waals surface area (Å²) < 4.78 is 43.9. The monoisotopic (exact) mass is 287 g/mol. The Hall–Kier alpha value is -1.11. The fraction of sp³-hybridized carbons (Fsp3) is 0.846. The molecule has 3 aliphatic rings. The van der Waals surface area contributed by atoms with Crippen molar-refractivity contribution in [2.24, 2.45) is 11.3 Å². The number of hydrogen-bond acceptors (Lipinski definition) is 4. The molecule has 1 aromatic rings. The van der Waals surface area contributed by atoms with Crippen LogP contribution in [0.2, 0.25) is 0 Å². The minimum Gasteiger partial charge on any atom is -0.339 e. The van der Waals surface area contributed by atoms with Gasteiger partial charge in [-0.2, -0.15) is 18.2 Å². The van der Waals surface area contributed by atoms with E-state index < -0.39 is 11.6 Å². The predicted octanol–water partition coefficient (Wildman–Crippen LogP) is 2.21. The lowest BCUT2D eigenvalue weighted by molar-refractivity contribution is -0.162. The van der Waals surface area contributed by atoms with Crippen molar-refractivity contribution in [1.29, 1.82) is 0 Å². The van der Waals surface area contributed by atoms with E-state index in [4.69, 9.17) is 4.52 Å². The summed E-state index contributed by atoms with van der Waals surface area (Å²) >= 11 is 0. The third-order valence-corrected chi connectivity index (χ3v) is 5.10. The van der Waals surface area contributed by atoms with Gasteiger partial charge in [-0.1, -0.05) is 5.16 Å². The van der Waals surface area contributed by atoms with Crippen LogP contribution in [-0.4, -0.2) is 29.4 Å². The third-order valence-electron chi connectivity index (χ3n) is 5.10. The molecule has 0 aromatic carbocycles. The van der Waals surface area contributed by atoms with Gasteiger partial charge in [-0.3, -0.25) is 0 Å². The van der Waals surface area contributed by atoms with E-state index in [0.717, 1.165) is 25.9 Å². The molecule has 4 rings (SSSR count). The largest absolute Gasteiger partial charge is 0.401 e. The molecule has 1 spiro atoms. The average molecular weight is 287 g/mol. The summed E-state index contributed by atoms with van der Waals surface area (Å²) in [5, 5.41) is 6.84. The molecule has 0 radical (unpaired) electrons. The molecule has 20 heavy (non-hydrogen) atoms. The molecule has 0 atom stereocenters. The van der Waals surface area contributed by atoms with Crippen LogP contribution < -0.4 is 5.32 Å². The van der Waals surface area contributed by atoms with Crippen LogP contribution in [0.3, 0.4) is 0 Å². The maximum Gasteiger partial charge on any atom is 0.401 e. The van der Waals surface area contributed by atoms with Crippen LogP contribution in [0, 0.1) is 11.3 Å². The highest BCUT2D eigenvalue weighted by atomic mass is 19.4. The standard InChI is InChI=1S/C13H16F3N3O/c14-13(15,16)12(1-2-12)10-18-9(20-19-10)3-8-4-11(5-8)6-17-7-11/h8,17H,1-7H2. The first-order chi connectivity index (χ1) is 9.43. The predicted molar refractivity (Wildman–Crippen MR) is 63.0 cm³/mol.